The number of sulfonamides is 1. The fraction of sp³-hybridized carbons (Fsp3) is 0.455. The number of carbonyl (C=O) groups excluding carboxylic acids is 1. The molecule has 168 valence electrons. The molecule has 1 fully saturated rings. The van der Waals surface area contributed by atoms with Crippen LogP contribution in [0.15, 0.2) is 33.7 Å². The zero-order chi connectivity index (χ0) is 22.6. The van der Waals surface area contributed by atoms with Crippen LogP contribution in [0.2, 0.25) is 0 Å². The monoisotopic (exact) mass is 447 g/mol. The van der Waals surface area contributed by atoms with E-state index in [0.717, 1.165) is 5.56 Å². The van der Waals surface area contributed by atoms with Crippen LogP contribution in [0.25, 0.3) is 12.2 Å². The van der Waals surface area contributed by atoms with Gasteiger partial charge in [-0.2, -0.15) is 4.31 Å². The lowest BCUT2D eigenvalue weighted by Gasteiger charge is -2.30. The summed E-state index contributed by atoms with van der Waals surface area (Å²) in [5.41, 5.74) is 1.15. The maximum Gasteiger partial charge on any atom is 0.248 e. The van der Waals surface area contributed by atoms with Crippen molar-refractivity contribution < 1.29 is 22.5 Å². The molecule has 1 aromatic heterocycles. The van der Waals surface area contributed by atoms with Crippen molar-refractivity contribution in [3.05, 3.63) is 41.3 Å². The minimum absolute atomic E-state index is 0.0184. The molecular weight excluding hydrogens is 418 g/mol. The maximum absolute atomic E-state index is 13.3. The smallest absolute Gasteiger partial charge is 0.248 e. The summed E-state index contributed by atoms with van der Waals surface area (Å²) in [5.74, 6) is 0.688. The van der Waals surface area contributed by atoms with Gasteiger partial charge in [0.1, 0.15) is 11.4 Å². The van der Waals surface area contributed by atoms with E-state index >= 15 is 0 Å². The Bertz CT molecular complexity index is 1050. The molecule has 0 saturated carbocycles. The predicted octanol–water partition coefficient (Wildman–Crippen LogP) is 3.09. The molecule has 31 heavy (non-hydrogen) atoms. The summed E-state index contributed by atoms with van der Waals surface area (Å²) in [6, 6.07) is 7.45. The Morgan fingerprint density at radius 3 is 2.65 bits per heavy atom. The number of aryl methyl sites for hydroxylation is 1. The van der Waals surface area contributed by atoms with Gasteiger partial charge in [0.25, 0.3) is 0 Å². The van der Waals surface area contributed by atoms with E-state index < -0.39 is 10.0 Å². The lowest BCUT2D eigenvalue weighted by molar-refractivity contribution is -0.126. The van der Waals surface area contributed by atoms with Crippen molar-refractivity contribution >= 4 is 28.1 Å². The topological polar surface area (TPSA) is 102 Å². The lowest BCUT2D eigenvalue weighted by Crippen LogP contribution is -2.44. The van der Waals surface area contributed by atoms with Crippen molar-refractivity contribution in [1.82, 2.24) is 14.8 Å². The highest BCUT2D eigenvalue weighted by Crippen LogP contribution is 2.29. The van der Waals surface area contributed by atoms with Gasteiger partial charge in [-0.25, -0.2) is 8.42 Å². The molecule has 3 rings (SSSR count). The Hall–Kier alpha value is -2.65. The molecular formula is C22H29N3O5S. The van der Waals surface area contributed by atoms with E-state index in [9.17, 15) is 13.2 Å². The average molecular weight is 448 g/mol. The van der Waals surface area contributed by atoms with Gasteiger partial charge in [0.2, 0.25) is 15.9 Å². The number of piperidine rings is 1. The van der Waals surface area contributed by atoms with Crippen LogP contribution in [0.1, 0.15) is 43.7 Å². The van der Waals surface area contributed by atoms with Crippen LogP contribution in [-0.4, -0.2) is 50.0 Å². The van der Waals surface area contributed by atoms with Crippen LogP contribution in [0.4, 0.5) is 0 Å². The van der Waals surface area contributed by atoms with Crippen molar-refractivity contribution in [2.45, 2.75) is 44.6 Å². The first-order valence-electron chi connectivity index (χ1n) is 10.3. The molecule has 8 nitrogen and oxygen atoms in total. The Balaban J connectivity index is 1.77. The van der Waals surface area contributed by atoms with Crippen LogP contribution in [0, 0.1) is 12.8 Å². The number of hydrogen-bond acceptors (Lipinski definition) is 6. The van der Waals surface area contributed by atoms with Crippen LogP contribution < -0.4 is 10.1 Å². The molecule has 1 amide bonds. The zero-order valence-electron chi connectivity index (χ0n) is 18.3. The summed E-state index contributed by atoms with van der Waals surface area (Å²) in [5, 5.41) is 6.78. The fourth-order valence-electron chi connectivity index (χ4n) is 3.61. The van der Waals surface area contributed by atoms with E-state index in [1.807, 2.05) is 38.1 Å². The highest BCUT2D eigenvalue weighted by molar-refractivity contribution is 7.89. The standard InChI is InChI=1S/C22H29N3O5S/c1-15(2)23-22(26)18-10-12-25(13-11-18)31(27,28)21-16(3)24-30-20(21)9-8-17-6-5-7-19(14-17)29-4/h5-9,14-15,18H,10-13H2,1-4H3,(H,23,26)/b9-8+. The largest absolute Gasteiger partial charge is 0.497 e. The molecule has 9 heteroatoms. The Morgan fingerprint density at radius 2 is 2.00 bits per heavy atom. The second-order valence-electron chi connectivity index (χ2n) is 7.91. The third-order valence-electron chi connectivity index (χ3n) is 5.21. The first kappa shape index (κ1) is 23.0. The molecule has 0 bridgehead atoms. The van der Waals surface area contributed by atoms with E-state index in [1.54, 1.807) is 26.2 Å². The number of carbonyl (C=O) groups is 1. The van der Waals surface area contributed by atoms with Gasteiger partial charge < -0.3 is 14.6 Å². The number of hydrogen-bond donors (Lipinski definition) is 1. The number of aromatic nitrogens is 1. The number of ether oxygens (including phenoxy) is 1. The van der Waals surface area contributed by atoms with E-state index in [-0.39, 0.29) is 41.6 Å². The summed E-state index contributed by atoms with van der Waals surface area (Å²) in [6.45, 7) is 5.99. The minimum atomic E-state index is -3.80. The van der Waals surface area contributed by atoms with Gasteiger partial charge in [-0.15, -0.1) is 0 Å². The lowest BCUT2D eigenvalue weighted by atomic mass is 9.97. The number of amides is 1. The summed E-state index contributed by atoms with van der Waals surface area (Å²) in [7, 11) is -2.21. The molecule has 1 N–H and O–H groups in total. The van der Waals surface area contributed by atoms with Gasteiger partial charge in [0.05, 0.1) is 7.11 Å². The first-order valence-corrected chi connectivity index (χ1v) is 11.7. The number of nitrogens with one attached hydrogen (secondary N) is 1. The van der Waals surface area contributed by atoms with Gasteiger partial charge in [-0.05, 0) is 57.4 Å². The van der Waals surface area contributed by atoms with Crippen molar-refractivity contribution in [1.29, 1.82) is 0 Å². The Kier molecular flexibility index (Phi) is 7.17. The molecule has 1 aliphatic rings. The molecule has 1 saturated heterocycles. The van der Waals surface area contributed by atoms with E-state index in [4.69, 9.17) is 9.26 Å². The maximum atomic E-state index is 13.3. The molecule has 2 aromatic rings. The summed E-state index contributed by atoms with van der Waals surface area (Å²) >= 11 is 0. The summed E-state index contributed by atoms with van der Waals surface area (Å²) in [4.78, 5) is 12.3. The van der Waals surface area contributed by atoms with E-state index in [2.05, 4.69) is 10.5 Å². The van der Waals surface area contributed by atoms with Gasteiger partial charge in [-0.3, -0.25) is 4.79 Å². The van der Waals surface area contributed by atoms with Crippen molar-refractivity contribution in [2.75, 3.05) is 20.2 Å². The molecule has 0 aliphatic carbocycles. The molecule has 2 heterocycles. The first-order chi connectivity index (χ1) is 14.7. The summed E-state index contributed by atoms with van der Waals surface area (Å²) < 4.78 is 38.6. The second-order valence-corrected chi connectivity index (χ2v) is 9.79. The van der Waals surface area contributed by atoms with Crippen LogP contribution in [0.3, 0.4) is 0 Å². The van der Waals surface area contributed by atoms with Crippen molar-refractivity contribution in [3.63, 3.8) is 0 Å². The number of rotatable bonds is 7. The van der Waals surface area contributed by atoms with Gasteiger partial charge in [0.15, 0.2) is 10.7 Å². The van der Waals surface area contributed by atoms with Gasteiger partial charge in [-0.1, -0.05) is 23.4 Å². The predicted molar refractivity (Wildman–Crippen MR) is 118 cm³/mol. The minimum Gasteiger partial charge on any atom is -0.497 e. The second kappa shape index (κ2) is 9.65. The van der Waals surface area contributed by atoms with E-state index in [0.29, 0.717) is 24.3 Å². The van der Waals surface area contributed by atoms with Crippen LogP contribution in [-0.2, 0) is 14.8 Å². The SMILES string of the molecule is COc1cccc(/C=C/c2onc(C)c2S(=O)(=O)N2CCC(C(=O)NC(C)C)CC2)c1. The van der Waals surface area contributed by atoms with E-state index in [1.165, 1.54) is 4.31 Å². The van der Waals surface area contributed by atoms with Gasteiger partial charge in [0, 0.05) is 25.0 Å². The van der Waals surface area contributed by atoms with Crippen molar-refractivity contribution in [2.24, 2.45) is 5.92 Å². The third kappa shape index (κ3) is 5.34. The molecule has 0 spiro atoms. The van der Waals surface area contributed by atoms with Crippen molar-refractivity contribution in [3.8, 4) is 5.75 Å². The van der Waals surface area contributed by atoms with Crippen LogP contribution in [0.5, 0.6) is 5.75 Å². The molecule has 1 aromatic carbocycles. The Morgan fingerprint density at radius 1 is 1.29 bits per heavy atom. The molecule has 0 atom stereocenters. The molecule has 0 unspecified atom stereocenters. The number of methoxy groups -OCH3 is 1. The molecule has 1 aliphatic heterocycles. The molecule has 0 radical (unpaired) electrons. The highest BCUT2D eigenvalue weighted by atomic mass is 32.2. The average Bonchev–Trinajstić information content (AvgIpc) is 3.13. The normalized spacial score (nSPS) is 16.2. The zero-order valence-corrected chi connectivity index (χ0v) is 19.1. The van der Waals surface area contributed by atoms with Crippen LogP contribution >= 0.6 is 0 Å². The fourth-order valence-corrected chi connectivity index (χ4v) is 5.33. The third-order valence-corrected chi connectivity index (χ3v) is 7.27. The Labute approximate surface area is 183 Å². The number of nitrogens with zero attached hydrogens (tertiary/aromatic N) is 2. The number of benzene rings is 1. The van der Waals surface area contributed by atoms with Gasteiger partial charge >= 0.3 is 0 Å². The highest BCUT2D eigenvalue weighted by Gasteiger charge is 2.35. The summed E-state index contributed by atoms with van der Waals surface area (Å²) in [6.07, 6.45) is 4.32. The quantitative estimate of drug-likeness (QED) is 0.700.